The summed E-state index contributed by atoms with van der Waals surface area (Å²) in [5, 5.41) is 16.2. The molecule has 0 aliphatic heterocycles. The Hall–Kier alpha value is -4.06. The molecule has 9 heteroatoms. The summed E-state index contributed by atoms with van der Waals surface area (Å²) in [7, 11) is 2.86. The lowest BCUT2D eigenvalue weighted by atomic mass is 9.74. The maximum absolute atomic E-state index is 13.8. The minimum atomic E-state index is -0.555. The van der Waals surface area contributed by atoms with Crippen molar-refractivity contribution in [1.82, 2.24) is 10.6 Å². The van der Waals surface area contributed by atoms with Crippen LogP contribution in [0.25, 0.3) is 0 Å². The van der Waals surface area contributed by atoms with Crippen molar-refractivity contribution in [3.63, 3.8) is 0 Å². The van der Waals surface area contributed by atoms with Gasteiger partial charge in [-0.3, -0.25) is 14.4 Å². The van der Waals surface area contributed by atoms with E-state index in [1.54, 1.807) is 6.07 Å². The molecule has 0 radical (unpaired) electrons. The summed E-state index contributed by atoms with van der Waals surface area (Å²) in [5.41, 5.74) is 1.14. The summed E-state index contributed by atoms with van der Waals surface area (Å²) in [6.45, 7) is 4.53. The Bertz CT molecular complexity index is 1410. The van der Waals surface area contributed by atoms with Crippen LogP contribution in [-0.2, 0) is 14.3 Å². The van der Waals surface area contributed by atoms with Crippen LogP contribution in [0, 0.1) is 34.5 Å². The van der Waals surface area contributed by atoms with E-state index < -0.39 is 5.41 Å². The number of rotatable bonds is 10. The fourth-order valence-electron chi connectivity index (χ4n) is 7.44. The molecule has 2 aromatic rings. The lowest BCUT2D eigenvalue weighted by Crippen LogP contribution is -2.50. The first-order valence-corrected chi connectivity index (χ1v) is 15.7. The molecule has 3 aliphatic carbocycles. The number of benzene rings is 2. The fourth-order valence-corrected chi connectivity index (χ4v) is 7.44. The van der Waals surface area contributed by atoms with Crippen molar-refractivity contribution >= 4 is 17.8 Å². The van der Waals surface area contributed by atoms with E-state index >= 15 is 0 Å². The minimum Gasteiger partial charge on any atom is -0.496 e. The first-order chi connectivity index (χ1) is 21.2. The molecule has 44 heavy (non-hydrogen) atoms. The average molecular weight is 602 g/mol. The van der Waals surface area contributed by atoms with Crippen molar-refractivity contribution < 1.29 is 28.6 Å². The molecule has 0 unspecified atom stereocenters. The molecular weight excluding hydrogens is 558 g/mol. The van der Waals surface area contributed by atoms with E-state index in [2.05, 4.69) is 35.8 Å². The van der Waals surface area contributed by atoms with E-state index in [-0.39, 0.29) is 70.5 Å². The lowest BCUT2D eigenvalue weighted by Gasteiger charge is -2.35. The van der Waals surface area contributed by atoms with Gasteiger partial charge in [0.15, 0.2) is 0 Å². The number of hydrogen-bond donors (Lipinski definition) is 2. The molecule has 2 N–H and O–H groups in total. The SMILES string of the molecule is COC(=O)C1(C)CCC(Oc2cc(C(=O)N[C@@H]3[C@H]4CC[C@H](C4)[C@@H]3C(=O)NC[C@H](C)c3ccccc3)c(OC)cc2C#N)CC1. The Morgan fingerprint density at radius 2 is 1.73 bits per heavy atom. The maximum atomic E-state index is 13.8. The van der Waals surface area contributed by atoms with Gasteiger partial charge in [-0.05, 0) is 81.3 Å². The van der Waals surface area contributed by atoms with Crippen molar-refractivity contribution in [2.24, 2.45) is 23.2 Å². The third-order valence-electron chi connectivity index (χ3n) is 10.1. The van der Waals surface area contributed by atoms with Crippen LogP contribution in [0.4, 0.5) is 0 Å². The van der Waals surface area contributed by atoms with Crippen molar-refractivity contribution in [3.8, 4) is 17.6 Å². The Kier molecular flexibility index (Phi) is 9.48. The molecule has 3 saturated carbocycles. The molecule has 2 amide bonds. The maximum Gasteiger partial charge on any atom is 0.311 e. The predicted molar refractivity (Wildman–Crippen MR) is 164 cm³/mol. The monoisotopic (exact) mass is 601 g/mol. The molecule has 0 saturated heterocycles. The smallest absolute Gasteiger partial charge is 0.311 e. The van der Waals surface area contributed by atoms with Crippen LogP contribution in [-0.4, -0.2) is 50.7 Å². The highest BCUT2D eigenvalue weighted by Gasteiger charge is 2.51. The molecule has 234 valence electrons. The molecule has 0 heterocycles. The van der Waals surface area contributed by atoms with Crippen molar-refractivity contribution in [2.75, 3.05) is 20.8 Å². The molecule has 2 aromatic carbocycles. The van der Waals surface area contributed by atoms with Crippen LogP contribution in [0.3, 0.4) is 0 Å². The van der Waals surface area contributed by atoms with E-state index in [0.717, 1.165) is 19.3 Å². The first kappa shape index (κ1) is 31.4. The van der Waals surface area contributed by atoms with Gasteiger partial charge in [0.2, 0.25) is 5.91 Å². The quantitative estimate of drug-likeness (QED) is 0.362. The number of nitrogens with one attached hydrogen (secondary N) is 2. The van der Waals surface area contributed by atoms with Crippen LogP contribution >= 0.6 is 0 Å². The standard InChI is InChI=1S/C35H43N3O6/c1-21(22-8-6-5-7-9-22)20-37-33(40)30-23-10-11-24(16-23)31(30)38-32(39)27-18-28(25(19-36)17-29(27)42-3)44-26-12-14-35(2,15-13-26)34(41)43-4/h5-9,17-18,21,23-24,26,30-31H,10-16,20H2,1-4H3,(H,37,40)(H,38,39)/t21-,23+,24-,26?,30-,31+,35?/m0/s1. The highest BCUT2D eigenvalue weighted by atomic mass is 16.5. The van der Waals surface area contributed by atoms with Gasteiger partial charge in [-0.15, -0.1) is 0 Å². The summed E-state index contributed by atoms with van der Waals surface area (Å²) < 4.78 is 16.8. The lowest BCUT2D eigenvalue weighted by molar-refractivity contribution is -0.154. The molecule has 0 spiro atoms. The molecule has 3 fully saturated rings. The number of ether oxygens (including phenoxy) is 3. The largest absolute Gasteiger partial charge is 0.496 e. The van der Waals surface area contributed by atoms with Crippen LogP contribution in [0.5, 0.6) is 11.5 Å². The van der Waals surface area contributed by atoms with Gasteiger partial charge >= 0.3 is 5.97 Å². The Labute approximate surface area is 259 Å². The molecule has 2 bridgehead atoms. The van der Waals surface area contributed by atoms with Gasteiger partial charge in [-0.1, -0.05) is 37.3 Å². The number of hydrogen-bond acceptors (Lipinski definition) is 7. The number of esters is 1. The summed E-state index contributed by atoms with van der Waals surface area (Å²) in [4.78, 5) is 39.6. The summed E-state index contributed by atoms with van der Waals surface area (Å²) in [5.74, 6) is 0.327. The van der Waals surface area contributed by atoms with Crippen LogP contribution < -0.4 is 20.1 Å². The predicted octanol–water partition coefficient (Wildman–Crippen LogP) is 5.13. The third-order valence-corrected chi connectivity index (χ3v) is 10.1. The van der Waals surface area contributed by atoms with Gasteiger partial charge in [-0.2, -0.15) is 5.26 Å². The van der Waals surface area contributed by atoms with Gasteiger partial charge in [0, 0.05) is 18.7 Å². The van der Waals surface area contributed by atoms with Crippen molar-refractivity contribution in [2.45, 2.75) is 76.9 Å². The zero-order valence-electron chi connectivity index (χ0n) is 26.1. The first-order valence-electron chi connectivity index (χ1n) is 15.7. The number of methoxy groups -OCH3 is 2. The molecule has 3 aliphatic rings. The van der Waals surface area contributed by atoms with E-state index in [1.807, 2.05) is 25.1 Å². The van der Waals surface area contributed by atoms with E-state index in [1.165, 1.54) is 25.8 Å². The van der Waals surface area contributed by atoms with Gasteiger partial charge in [0.25, 0.3) is 5.91 Å². The van der Waals surface area contributed by atoms with Crippen molar-refractivity contribution in [1.29, 1.82) is 5.26 Å². The molecule has 5 rings (SSSR count). The van der Waals surface area contributed by atoms with Gasteiger partial charge in [0.05, 0.1) is 42.8 Å². The number of nitrogens with zero attached hydrogens (tertiary/aromatic N) is 1. The second-order valence-corrected chi connectivity index (χ2v) is 12.9. The van der Waals surface area contributed by atoms with Crippen LogP contribution in [0.2, 0.25) is 0 Å². The second-order valence-electron chi connectivity index (χ2n) is 12.9. The van der Waals surface area contributed by atoms with Crippen molar-refractivity contribution in [3.05, 3.63) is 59.2 Å². The molecule has 0 aromatic heterocycles. The van der Waals surface area contributed by atoms with Crippen LogP contribution in [0.15, 0.2) is 42.5 Å². The number of amides is 2. The van der Waals surface area contributed by atoms with Gasteiger partial charge < -0.3 is 24.8 Å². The molecular formula is C35H43N3O6. The highest BCUT2D eigenvalue weighted by Crippen LogP contribution is 2.49. The fraction of sp³-hybridized carbons (Fsp3) is 0.543. The minimum absolute atomic E-state index is 0.0163. The highest BCUT2D eigenvalue weighted by molar-refractivity contribution is 5.98. The number of carbonyl (C=O) groups is 3. The topological polar surface area (TPSA) is 127 Å². The normalized spacial score (nSPS) is 27.9. The molecule has 9 nitrogen and oxygen atoms in total. The van der Waals surface area contributed by atoms with E-state index in [4.69, 9.17) is 14.2 Å². The Balaban J connectivity index is 1.29. The van der Waals surface area contributed by atoms with E-state index in [9.17, 15) is 19.6 Å². The number of carbonyl (C=O) groups excluding carboxylic acids is 3. The van der Waals surface area contributed by atoms with Gasteiger partial charge in [0.1, 0.15) is 17.6 Å². The Morgan fingerprint density at radius 3 is 2.39 bits per heavy atom. The summed E-state index contributed by atoms with van der Waals surface area (Å²) in [6.07, 6.45) is 5.12. The summed E-state index contributed by atoms with van der Waals surface area (Å²) in [6, 6.07) is 15.1. The average Bonchev–Trinajstić information content (AvgIpc) is 3.66. The second kappa shape index (κ2) is 13.3. The number of nitriles is 1. The third kappa shape index (κ3) is 6.40. The molecule has 5 atom stereocenters. The zero-order valence-corrected chi connectivity index (χ0v) is 26.1. The zero-order chi connectivity index (χ0) is 31.4. The Morgan fingerprint density at radius 1 is 1.02 bits per heavy atom. The summed E-state index contributed by atoms with van der Waals surface area (Å²) >= 11 is 0. The van der Waals surface area contributed by atoms with Crippen LogP contribution in [0.1, 0.15) is 86.2 Å². The number of fused-ring (bicyclic) bond motifs is 2. The van der Waals surface area contributed by atoms with Gasteiger partial charge in [-0.25, -0.2) is 0 Å². The van der Waals surface area contributed by atoms with E-state index in [0.29, 0.717) is 38.0 Å².